The van der Waals surface area contributed by atoms with Crippen molar-refractivity contribution in [1.29, 1.82) is 0 Å². The van der Waals surface area contributed by atoms with Gasteiger partial charge in [-0.25, -0.2) is 0 Å². The highest BCUT2D eigenvalue weighted by atomic mass is 16.5. The molecule has 0 saturated carbocycles. The molecule has 130 valence electrons. The average Bonchev–Trinajstić information content (AvgIpc) is 2.67. The molecular weight excluding hydrogens is 312 g/mol. The van der Waals surface area contributed by atoms with E-state index in [1.165, 1.54) is 0 Å². The van der Waals surface area contributed by atoms with Crippen LogP contribution in [0.3, 0.4) is 0 Å². The van der Waals surface area contributed by atoms with Gasteiger partial charge in [-0.1, -0.05) is 30.3 Å². The molecule has 0 unspecified atom stereocenters. The van der Waals surface area contributed by atoms with Crippen molar-refractivity contribution in [3.8, 4) is 5.75 Å². The van der Waals surface area contributed by atoms with E-state index >= 15 is 0 Å². The monoisotopic (exact) mass is 336 g/mol. The summed E-state index contributed by atoms with van der Waals surface area (Å²) >= 11 is 0. The standard InChI is InChI=1S/C20H24N4O/c1-25-19-10-3-2-8-17(19)22-14-12-21-13-15-23-18-9-4-6-16-7-5-11-24-20(16)18/h2-11,21-23H,12-15H2,1H3. The molecule has 0 atom stereocenters. The van der Waals surface area contributed by atoms with Crippen LogP contribution in [0.25, 0.3) is 10.9 Å². The zero-order chi connectivity index (χ0) is 17.3. The molecule has 3 N–H and O–H groups in total. The van der Waals surface area contributed by atoms with Crippen molar-refractivity contribution in [3.63, 3.8) is 0 Å². The van der Waals surface area contributed by atoms with Gasteiger partial charge in [0.2, 0.25) is 0 Å². The van der Waals surface area contributed by atoms with Gasteiger partial charge in [-0.2, -0.15) is 0 Å². The Morgan fingerprint density at radius 2 is 1.52 bits per heavy atom. The van der Waals surface area contributed by atoms with Crippen LogP contribution in [-0.4, -0.2) is 38.3 Å². The van der Waals surface area contributed by atoms with E-state index in [1.807, 2.05) is 36.5 Å². The fraction of sp³-hybridized carbons (Fsp3) is 0.250. The van der Waals surface area contributed by atoms with Gasteiger partial charge < -0.3 is 20.7 Å². The first-order valence-corrected chi connectivity index (χ1v) is 8.54. The number of aromatic nitrogens is 1. The Kier molecular flexibility index (Phi) is 6.06. The van der Waals surface area contributed by atoms with Crippen LogP contribution < -0.4 is 20.7 Å². The molecule has 3 aromatic rings. The first-order valence-electron chi connectivity index (χ1n) is 8.54. The first kappa shape index (κ1) is 17.0. The lowest BCUT2D eigenvalue weighted by Gasteiger charge is -2.12. The van der Waals surface area contributed by atoms with Gasteiger partial charge in [0.15, 0.2) is 0 Å². The van der Waals surface area contributed by atoms with Crippen LogP contribution in [-0.2, 0) is 0 Å². The number of pyridine rings is 1. The lowest BCUT2D eigenvalue weighted by Crippen LogP contribution is -2.27. The highest BCUT2D eigenvalue weighted by Gasteiger charge is 2.01. The fourth-order valence-corrected chi connectivity index (χ4v) is 2.73. The van der Waals surface area contributed by atoms with Crippen molar-refractivity contribution >= 4 is 22.3 Å². The van der Waals surface area contributed by atoms with E-state index in [-0.39, 0.29) is 0 Å². The number of ether oxygens (including phenoxy) is 1. The molecule has 0 saturated heterocycles. The molecule has 5 heteroatoms. The minimum absolute atomic E-state index is 0.843. The minimum atomic E-state index is 0.843. The van der Waals surface area contributed by atoms with Crippen molar-refractivity contribution in [2.45, 2.75) is 0 Å². The Morgan fingerprint density at radius 1 is 0.800 bits per heavy atom. The number of hydrogen-bond donors (Lipinski definition) is 3. The molecule has 0 aliphatic rings. The van der Waals surface area contributed by atoms with Crippen molar-refractivity contribution in [1.82, 2.24) is 10.3 Å². The van der Waals surface area contributed by atoms with Crippen molar-refractivity contribution in [3.05, 3.63) is 60.8 Å². The zero-order valence-electron chi connectivity index (χ0n) is 14.5. The van der Waals surface area contributed by atoms with E-state index in [0.717, 1.165) is 54.2 Å². The Bertz CT molecular complexity index is 801. The summed E-state index contributed by atoms with van der Waals surface area (Å²) in [5.74, 6) is 0.868. The molecule has 2 aromatic carbocycles. The van der Waals surface area contributed by atoms with E-state index in [0.29, 0.717) is 0 Å². The summed E-state index contributed by atoms with van der Waals surface area (Å²) in [6, 6.07) is 18.2. The third kappa shape index (κ3) is 4.61. The molecule has 5 nitrogen and oxygen atoms in total. The Hall–Kier alpha value is -2.79. The van der Waals surface area contributed by atoms with Gasteiger partial charge in [-0.15, -0.1) is 0 Å². The van der Waals surface area contributed by atoms with Crippen molar-refractivity contribution < 1.29 is 4.74 Å². The van der Waals surface area contributed by atoms with E-state index in [9.17, 15) is 0 Å². The normalized spacial score (nSPS) is 10.6. The number of fused-ring (bicyclic) bond motifs is 1. The maximum Gasteiger partial charge on any atom is 0.141 e. The summed E-state index contributed by atoms with van der Waals surface area (Å²) in [5, 5.41) is 11.4. The molecule has 0 radical (unpaired) electrons. The molecule has 25 heavy (non-hydrogen) atoms. The Labute approximate surface area is 148 Å². The van der Waals surface area contributed by atoms with Crippen LogP contribution in [0.2, 0.25) is 0 Å². The van der Waals surface area contributed by atoms with Gasteiger partial charge in [0, 0.05) is 37.8 Å². The van der Waals surface area contributed by atoms with Crippen molar-refractivity contribution in [2.75, 3.05) is 43.9 Å². The molecule has 0 fully saturated rings. The summed E-state index contributed by atoms with van der Waals surface area (Å²) < 4.78 is 5.33. The molecule has 0 aliphatic heterocycles. The number of benzene rings is 2. The second-order valence-corrected chi connectivity index (χ2v) is 5.68. The Balaban J connectivity index is 1.38. The van der Waals surface area contributed by atoms with Crippen LogP contribution in [0.15, 0.2) is 60.8 Å². The van der Waals surface area contributed by atoms with Gasteiger partial charge in [-0.3, -0.25) is 4.98 Å². The molecule has 3 rings (SSSR count). The van der Waals surface area contributed by atoms with Gasteiger partial charge >= 0.3 is 0 Å². The fourth-order valence-electron chi connectivity index (χ4n) is 2.73. The Morgan fingerprint density at radius 3 is 2.36 bits per heavy atom. The summed E-state index contributed by atoms with van der Waals surface area (Å²) in [6.07, 6.45) is 1.83. The summed E-state index contributed by atoms with van der Waals surface area (Å²) in [5.41, 5.74) is 3.11. The van der Waals surface area contributed by atoms with E-state index in [1.54, 1.807) is 7.11 Å². The highest BCUT2D eigenvalue weighted by molar-refractivity contribution is 5.90. The zero-order valence-corrected chi connectivity index (χ0v) is 14.5. The molecule has 0 bridgehead atoms. The maximum atomic E-state index is 5.33. The molecular formula is C20H24N4O. The number of rotatable bonds is 9. The molecule has 0 aliphatic carbocycles. The average molecular weight is 336 g/mol. The van der Waals surface area contributed by atoms with Crippen LogP contribution in [0.4, 0.5) is 11.4 Å². The molecule has 0 spiro atoms. The number of methoxy groups -OCH3 is 1. The van der Waals surface area contributed by atoms with Gasteiger partial charge in [0.1, 0.15) is 5.75 Å². The number of nitrogens with zero attached hydrogens (tertiary/aromatic N) is 1. The largest absolute Gasteiger partial charge is 0.495 e. The SMILES string of the molecule is COc1ccccc1NCCNCCNc1cccc2cccnc12. The summed E-state index contributed by atoms with van der Waals surface area (Å²) in [4.78, 5) is 4.45. The van der Waals surface area contributed by atoms with Crippen molar-refractivity contribution in [2.24, 2.45) is 0 Å². The second kappa shape index (κ2) is 8.89. The number of anilines is 2. The molecule has 1 heterocycles. The lowest BCUT2D eigenvalue weighted by atomic mass is 10.2. The van der Waals surface area contributed by atoms with Crippen LogP contribution in [0.1, 0.15) is 0 Å². The maximum absolute atomic E-state index is 5.33. The molecule has 0 amide bonds. The van der Waals surface area contributed by atoms with Gasteiger partial charge in [-0.05, 0) is 24.3 Å². The van der Waals surface area contributed by atoms with Crippen LogP contribution in [0.5, 0.6) is 5.75 Å². The smallest absolute Gasteiger partial charge is 0.141 e. The van der Waals surface area contributed by atoms with E-state index < -0.39 is 0 Å². The summed E-state index contributed by atoms with van der Waals surface area (Å²) in [7, 11) is 1.69. The van der Waals surface area contributed by atoms with E-state index in [4.69, 9.17) is 4.74 Å². The number of nitrogens with one attached hydrogen (secondary N) is 3. The van der Waals surface area contributed by atoms with Crippen LogP contribution >= 0.6 is 0 Å². The number of para-hydroxylation sites is 3. The minimum Gasteiger partial charge on any atom is -0.495 e. The predicted octanol–water partition coefficient (Wildman–Crippen LogP) is 3.36. The third-order valence-electron chi connectivity index (χ3n) is 3.97. The highest BCUT2D eigenvalue weighted by Crippen LogP contribution is 2.22. The first-order chi connectivity index (χ1) is 12.4. The van der Waals surface area contributed by atoms with E-state index in [2.05, 4.69) is 45.2 Å². The quantitative estimate of drug-likeness (QED) is 0.523. The topological polar surface area (TPSA) is 58.2 Å². The number of hydrogen-bond acceptors (Lipinski definition) is 5. The third-order valence-corrected chi connectivity index (χ3v) is 3.97. The van der Waals surface area contributed by atoms with Gasteiger partial charge in [0.05, 0.1) is 24.0 Å². The second-order valence-electron chi connectivity index (χ2n) is 5.68. The van der Waals surface area contributed by atoms with Crippen LogP contribution in [0, 0.1) is 0 Å². The van der Waals surface area contributed by atoms with Gasteiger partial charge in [0.25, 0.3) is 0 Å². The predicted molar refractivity (Wildman–Crippen MR) is 105 cm³/mol. The molecule has 1 aromatic heterocycles. The summed E-state index contributed by atoms with van der Waals surface area (Å²) in [6.45, 7) is 3.46. The lowest BCUT2D eigenvalue weighted by molar-refractivity contribution is 0.416.